The summed E-state index contributed by atoms with van der Waals surface area (Å²) in [4.78, 5) is 14.5. The van der Waals surface area contributed by atoms with Gasteiger partial charge in [-0.15, -0.1) is 0 Å². The lowest BCUT2D eigenvalue weighted by atomic mass is 9.96. The Hall–Kier alpha value is -1.55. The summed E-state index contributed by atoms with van der Waals surface area (Å²) in [5.74, 6) is 0.0308. The van der Waals surface area contributed by atoms with Crippen LogP contribution in [0.15, 0.2) is 18.2 Å². The molecule has 1 unspecified atom stereocenters. The van der Waals surface area contributed by atoms with Crippen LogP contribution < -0.4 is 10.6 Å². The van der Waals surface area contributed by atoms with E-state index >= 15 is 0 Å². The first kappa shape index (κ1) is 13.9. The number of anilines is 2. The van der Waals surface area contributed by atoms with Gasteiger partial charge in [-0.3, -0.25) is 4.79 Å². The number of carbonyl (C=O) groups is 1. The van der Waals surface area contributed by atoms with Crippen molar-refractivity contribution < 1.29 is 9.53 Å². The van der Waals surface area contributed by atoms with Gasteiger partial charge in [0.05, 0.1) is 0 Å². The molecule has 2 rings (SSSR count). The third kappa shape index (κ3) is 2.45. The van der Waals surface area contributed by atoms with Gasteiger partial charge in [-0.05, 0) is 49.9 Å². The van der Waals surface area contributed by atoms with Gasteiger partial charge in [0.15, 0.2) is 0 Å². The number of aryl methyl sites for hydroxylation is 1. The Morgan fingerprint density at radius 2 is 2.26 bits per heavy atom. The number of fused-ring (bicyclic) bond motifs is 1. The van der Waals surface area contributed by atoms with E-state index in [0.29, 0.717) is 6.42 Å². The van der Waals surface area contributed by atoms with E-state index in [-0.39, 0.29) is 5.91 Å². The topological polar surface area (TPSA) is 55.6 Å². The van der Waals surface area contributed by atoms with Crippen LogP contribution in [0.1, 0.15) is 32.3 Å². The molecule has 104 valence electrons. The highest BCUT2D eigenvalue weighted by Crippen LogP contribution is 2.31. The Labute approximate surface area is 114 Å². The summed E-state index contributed by atoms with van der Waals surface area (Å²) in [6.45, 7) is 4.56. The van der Waals surface area contributed by atoms with Gasteiger partial charge in [0.1, 0.15) is 5.60 Å². The first-order valence-electron chi connectivity index (χ1n) is 6.77. The lowest BCUT2D eigenvalue weighted by Gasteiger charge is -2.36. The number of carbonyl (C=O) groups excluding carboxylic acids is 1. The lowest BCUT2D eigenvalue weighted by molar-refractivity contribution is -0.138. The summed E-state index contributed by atoms with van der Waals surface area (Å²) in [7, 11) is 1.59. The van der Waals surface area contributed by atoms with Crippen LogP contribution in [0.5, 0.6) is 0 Å². The quantitative estimate of drug-likeness (QED) is 0.851. The fourth-order valence-electron chi connectivity index (χ4n) is 2.50. The summed E-state index contributed by atoms with van der Waals surface area (Å²) in [5.41, 5.74) is 7.93. The highest BCUT2D eigenvalue weighted by atomic mass is 16.5. The van der Waals surface area contributed by atoms with Crippen LogP contribution in [-0.2, 0) is 16.0 Å². The molecule has 19 heavy (non-hydrogen) atoms. The highest BCUT2D eigenvalue weighted by molar-refractivity contribution is 6.00. The first-order chi connectivity index (χ1) is 9.01. The maximum Gasteiger partial charge on any atom is 0.258 e. The molecule has 1 aliphatic rings. The summed E-state index contributed by atoms with van der Waals surface area (Å²) in [6, 6.07) is 5.75. The Bertz CT molecular complexity index is 481. The summed E-state index contributed by atoms with van der Waals surface area (Å²) < 4.78 is 5.42. The Morgan fingerprint density at radius 3 is 2.89 bits per heavy atom. The average Bonchev–Trinajstić information content (AvgIpc) is 2.44. The van der Waals surface area contributed by atoms with E-state index in [4.69, 9.17) is 10.5 Å². The minimum atomic E-state index is -0.754. The second-order valence-electron chi connectivity index (χ2n) is 5.24. The Kier molecular flexibility index (Phi) is 3.80. The van der Waals surface area contributed by atoms with Crippen molar-refractivity contribution >= 4 is 17.3 Å². The van der Waals surface area contributed by atoms with Gasteiger partial charge >= 0.3 is 0 Å². The van der Waals surface area contributed by atoms with Gasteiger partial charge in [0.25, 0.3) is 5.91 Å². The number of ether oxygens (including phenoxy) is 1. The lowest BCUT2D eigenvalue weighted by Crippen LogP contribution is -2.49. The summed E-state index contributed by atoms with van der Waals surface area (Å²) in [6.07, 6.45) is 2.59. The number of hydrogen-bond donors (Lipinski definition) is 1. The minimum Gasteiger partial charge on any atom is -0.399 e. The first-order valence-corrected chi connectivity index (χ1v) is 6.77. The fourth-order valence-corrected chi connectivity index (χ4v) is 2.50. The van der Waals surface area contributed by atoms with E-state index < -0.39 is 5.60 Å². The van der Waals surface area contributed by atoms with Crippen LogP contribution >= 0.6 is 0 Å². The molecule has 4 heteroatoms. The predicted molar refractivity (Wildman–Crippen MR) is 77.2 cm³/mol. The molecule has 0 saturated carbocycles. The number of nitrogens with two attached hydrogens (primary N) is 1. The highest BCUT2D eigenvalue weighted by Gasteiger charge is 2.37. The van der Waals surface area contributed by atoms with Crippen molar-refractivity contribution in [2.24, 2.45) is 0 Å². The van der Waals surface area contributed by atoms with Crippen LogP contribution in [-0.4, -0.2) is 25.2 Å². The van der Waals surface area contributed by atoms with E-state index in [1.807, 2.05) is 36.9 Å². The molecule has 0 aliphatic carbocycles. The van der Waals surface area contributed by atoms with Gasteiger partial charge in [-0.1, -0.05) is 6.92 Å². The second kappa shape index (κ2) is 5.21. The normalized spacial score (nSPS) is 17.7. The molecule has 0 radical (unpaired) electrons. The van der Waals surface area contributed by atoms with Crippen molar-refractivity contribution in [2.75, 3.05) is 24.3 Å². The molecule has 2 N–H and O–H groups in total. The number of hydrogen-bond acceptors (Lipinski definition) is 3. The molecule has 1 atom stereocenters. The number of rotatable bonds is 3. The monoisotopic (exact) mass is 262 g/mol. The zero-order chi connectivity index (χ0) is 14.0. The van der Waals surface area contributed by atoms with Gasteiger partial charge in [0.2, 0.25) is 0 Å². The number of nitrogens with zero attached hydrogens (tertiary/aromatic N) is 1. The molecule has 0 fully saturated rings. The second-order valence-corrected chi connectivity index (χ2v) is 5.24. The molecule has 0 aromatic heterocycles. The van der Waals surface area contributed by atoms with Crippen LogP contribution in [0.25, 0.3) is 0 Å². The van der Waals surface area contributed by atoms with E-state index in [1.165, 1.54) is 0 Å². The van der Waals surface area contributed by atoms with Crippen molar-refractivity contribution in [3.63, 3.8) is 0 Å². The van der Waals surface area contributed by atoms with Crippen molar-refractivity contribution in [1.82, 2.24) is 0 Å². The van der Waals surface area contributed by atoms with E-state index in [0.717, 1.165) is 36.3 Å². The zero-order valence-electron chi connectivity index (χ0n) is 11.9. The standard InChI is InChI=1S/C15H22N2O2/c1-4-15(2,19-3)14(18)17-9-5-6-11-10-12(16)7-8-13(11)17/h7-8,10H,4-6,9,16H2,1-3H3. The van der Waals surface area contributed by atoms with Crippen LogP contribution in [0.4, 0.5) is 11.4 Å². The predicted octanol–water partition coefficient (Wildman–Crippen LogP) is 2.36. The maximum absolute atomic E-state index is 12.7. The van der Waals surface area contributed by atoms with Crippen molar-refractivity contribution in [2.45, 2.75) is 38.7 Å². The molecule has 1 heterocycles. The van der Waals surface area contributed by atoms with Gasteiger partial charge in [-0.2, -0.15) is 0 Å². The molecule has 1 aromatic rings. The van der Waals surface area contributed by atoms with E-state index in [9.17, 15) is 4.79 Å². The number of methoxy groups -OCH3 is 1. The zero-order valence-corrected chi connectivity index (χ0v) is 11.9. The van der Waals surface area contributed by atoms with Gasteiger partial charge < -0.3 is 15.4 Å². The van der Waals surface area contributed by atoms with E-state index in [2.05, 4.69) is 0 Å². The number of benzene rings is 1. The smallest absolute Gasteiger partial charge is 0.258 e. The molecule has 0 spiro atoms. The van der Waals surface area contributed by atoms with Crippen LogP contribution in [0, 0.1) is 0 Å². The largest absolute Gasteiger partial charge is 0.399 e. The van der Waals surface area contributed by atoms with Crippen molar-refractivity contribution in [3.05, 3.63) is 23.8 Å². The van der Waals surface area contributed by atoms with Gasteiger partial charge in [0, 0.05) is 25.0 Å². The molecule has 1 aromatic carbocycles. The fraction of sp³-hybridized carbons (Fsp3) is 0.533. The molecule has 1 aliphatic heterocycles. The third-order valence-electron chi connectivity index (χ3n) is 4.04. The van der Waals surface area contributed by atoms with Crippen LogP contribution in [0.3, 0.4) is 0 Å². The van der Waals surface area contributed by atoms with Crippen molar-refractivity contribution in [3.8, 4) is 0 Å². The third-order valence-corrected chi connectivity index (χ3v) is 4.04. The minimum absolute atomic E-state index is 0.0308. The average molecular weight is 262 g/mol. The van der Waals surface area contributed by atoms with Crippen molar-refractivity contribution in [1.29, 1.82) is 0 Å². The van der Waals surface area contributed by atoms with E-state index in [1.54, 1.807) is 7.11 Å². The number of amides is 1. The molecule has 4 nitrogen and oxygen atoms in total. The molecule has 1 amide bonds. The van der Waals surface area contributed by atoms with Crippen LogP contribution in [0.2, 0.25) is 0 Å². The number of nitrogen functional groups attached to an aromatic ring is 1. The molecular weight excluding hydrogens is 240 g/mol. The molecular formula is C15H22N2O2. The summed E-state index contributed by atoms with van der Waals surface area (Å²) >= 11 is 0. The Balaban J connectivity index is 2.36. The molecule has 0 bridgehead atoms. The SMILES string of the molecule is CCC(C)(OC)C(=O)N1CCCc2cc(N)ccc21. The van der Waals surface area contributed by atoms with Gasteiger partial charge in [-0.25, -0.2) is 0 Å². The maximum atomic E-state index is 12.7. The Morgan fingerprint density at radius 1 is 1.53 bits per heavy atom. The molecule has 0 saturated heterocycles. The summed E-state index contributed by atoms with van der Waals surface area (Å²) in [5, 5.41) is 0.